The molecular weight excluding hydrogens is 871 g/mol. The van der Waals surface area contributed by atoms with Crippen LogP contribution in [0.2, 0.25) is 0 Å². The van der Waals surface area contributed by atoms with Crippen molar-refractivity contribution in [1.82, 2.24) is 9.80 Å². The van der Waals surface area contributed by atoms with Gasteiger partial charge in [-0.05, 0) is 74.9 Å². The van der Waals surface area contributed by atoms with Gasteiger partial charge < -0.3 is 24.5 Å². The standard InChI is InChI=1S/2C28H25NO.CH2O3.2K/c2*1-4-10-22(11-5-1)23-16-18-26(19-17-23)30-27-20-29(21-27)28(24-12-6-2-7-13-24)25-14-8-3-9-15-25;2-1(3)4;;/h2*1-19,27-28H,20-21H2;(H2,2,3,4);;/q;;;2*+1/p-2. The maximum Gasteiger partial charge on any atom is 1.00 e. The van der Waals surface area contributed by atoms with E-state index in [0.717, 1.165) is 37.7 Å². The van der Waals surface area contributed by atoms with Crippen LogP contribution in [0.25, 0.3) is 22.3 Å². The molecular formula is C57H50K2N2O5. The Morgan fingerprint density at radius 1 is 0.364 bits per heavy atom. The monoisotopic (exact) mass is 920 g/mol. The minimum absolute atomic E-state index is 0. The van der Waals surface area contributed by atoms with Crippen LogP contribution >= 0.6 is 0 Å². The first-order chi connectivity index (χ1) is 31.5. The molecule has 0 bridgehead atoms. The molecule has 66 heavy (non-hydrogen) atoms. The molecule has 320 valence electrons. The summed E-state index contributed by atoms with van der Waals surface area (Å²) in [4.78, 5) is 13.3. The van der Waals surface area contributed by atoms with Crippen LogP contribution in [-0.2, 0) is 0 Å². The number of nitrogens with zero attached hydrogens (tertiary/aromatic N) is 2. The van der Waals surface area contributed by atoms with Crippen molar-refractivity contribution in [3.05, 3.63) is 253 Å². The van der Waals surface area contributed by atoms with E-state index in [2.05, 4.69) is 228 Å². The number of carbonyl (C=O) groups excluding carboxylic acids is 1. The van der Waals surface area contributed by atoms with Gasteiger partial charge in [-0.1, -0.05) is 206 Å². The van der Waals surface area contributed by atoms with Gasteiger partial charge in [-0.3, -0.25) is 9.80 Å². The summed E-state index contributed by atoms with van der Waals surface area (Å²) in [5.74, 6) is 1.88. The Kier molecular flexibility index (Phi) is 20.5. The zero-order valence-electron chi connectivity index (χ0n) is 37.5. The molecule has 0 amide bonds. The summed E-state index contributed by atoms with van der Waals surface area (Å²) in [6, 6.07) is 81.3. The van der Waals surface area contributed by atoms with Crippen LogP contribution in [0, 0.1) is 0 Å². The molecule has 2 saturated heterocycles. The summed E-state index contributed by atoms with van der Waals surface area (Å²) in [6.07, 6.45) is -1.88. The fourth-order valence-corrected chi connectivity index (χ4v) is 8.38. The second-order valence-corrected chi connectivity index (χ2v) is 15.9. The van der Waals surface area contributed by atoms with Crippen LogP contribution in [0.15, 0.2) is 231 Å². The molecule has 0 atom stereocenters. The Morgan fingerprint density at radius 2 is 0.576 bits per heavy atom. The van der Waals surface area contributed by atoms with Gasteiger partial charge in [-0.15, -0.1) is 0 Å². The van der Waals surface area contributed by atoms with Crippen molar-refractivity contribution in [2.75, 3.05) is 26.2 Å². The molecule has 8 aromatic rings. The number of ether oxygens (including phenoxy) is 2. The van der Waals surface area contributed by atoms with Crippen LogP contribution in [0.4, 0.5) is 4.79 Å². The van der Waals surface area contributed by atoms with Crippen molar-refractivity contribution in [3.63, 3.8) is 0 Å². The van der Waals surface area contributed by atoms with Crippen LogP contribution in [0.3, 0.4) is 0 Å². The number of likely N-dealkylation sites (tertiary alicyclic amines) is 2. The summed E-state index contributed by atoms with van der Waals surface area (Å²) in [5.41, 5.74) is 10.2. The minimum atomic E-state index is -2.33. The van der Waals surface area contributed by atoms with Crippen molar-refractivity contribution >= 4 is 6.16 Å². The Labute approximate surface area is 473 Å². The van der Waals surface area contributed by atoms with Gasteiger partial charge in [0.25, 0.3) is 0 Å². The zero-order valence-corrected chi connectivity index (χ0v) is 43.8. The van der Waals surface area contributed by atoms with E-state index in [0.29, 0.717) is 0 Å². The second kappa shape index (κ2) is 26.4. The zero-order chi connectivity index (χ0) is 43.9. The first-order valence-electron chi connectivity index (χ1n) is 21.7. The van der Waals surface area contributed by atoms with Crippen molar-refractivity contribution in [3.8, 4) is 33.8 Å². The van der Waals surface area contributed by atoms with Gasteiger partial charge in [0.1, 0.15) is 23.7 Å². The Bertz CT molecular complexity index is 2340. The van der Waals surface area contributed by atoms with E-state index in [1.165, 1.54) is 44.5 Å². The third-order valence-corrected chi connectivity index (χ3v) is 11.5. The number of hydrogen-bond donors (Lipinski definition) is 0. The molecule has 10 rings (SSSR count). The molecule has 0 aromatic heterocycles. The predicted octanol–water partition coefficient (Wildman–Crippen LogP) is 3.97. The molecule has 2 aliphatic heterocycles. The van der Waals surface area contributed by atoms with Crippen LogP contribution in [-0.4, -0.2) is 54.3 Å². The molecule has 8 aromatic carbocycles. The molecule has 0 saturated carbocycles. The molecule has 0 radical (unpaired) electrons. The van der Waals surface area contributed by atoms with Crippen molar-refractivity contribution in [2.24, 2.45) is 0 Å². The summed E-state index contributed by atoms with van der Waals surface area (Å²) >= 11 is 0. The van der Waals surface area contributed by atoms with Gasteiger partial charge in [-0.2, -0.15) is 0 Å². The van der Waals surface area contributed by atoms with Crippen molar-refractivity contribution < 1.29 is 127 Å². The van der Waals surface area contributed by atoms with Crippen LogP contribution in [0.1, 0.15) is 34.3 Å². The number of carboxylic acid groups (broad SMARTS) is 2. The Hall–Kier alpha value is -4.18. The first kappa shape index (κ1) is 51.2. The van der Waals surface area contributed by atoms with E-state index >= 15 is 0 Å². The van der Waals surface area contributed by atoms with E-state index < -0.39 is 6.16 Å². The first-order valence-corrected chi connectivity index (χ1v) is 21.7. The van der Waals surface area contributed by atoms with Gasteiger partial charge >= 0.3 is 103 Å². The third kappa shape index (κ3) is 14.4. The molecule has 0 N–H and O–H groups in total. The topological polar surface area (TPSA) is 88.1 Å². The SMILES string of the molecule is O=C([O-])[O-].[K+].[K+].c1ccc(-c2ccc(OC3CN(C(c4ccccc4)c4ccccc4)C3)cc2)cc1.c1ccc(-c2ccc(OC3CN(C(c4ccccc4)c4ccccc4)C3)cc2)cc1. The molecule has 0 spiro atoms. The van der Waals surface area contributed by atoms with E-state index in [4.69, 9.17) is 24.5 Å². The van der Waals surface area contributed by atoms with E-state index in [1.807, 2.05) is 12.1 Å². The maximum absolute atomic E-state index is 8.33. The predicted molar refractivity (Wildman–Crippen MR) is 251 cm³/mol. The van der Waals surface area contributed by atoms with Crippen LogP contribution in [0.5, 0.6) is 11.5 Å². The normalized spacial score (nSPS) is 13.5. The van der Waals surface area contributed by atoms with Gasteiger partial charge in [0.15, 0.2) is 0 Å². The fourth-order valence-electron chi connectivity index (χ4n) is 8.38. The quantitative estimate of drug-likeness (QED) is 0.172. The molecule has 7 nitrogen and oxygen atoms in total. The molecule has 2 fully saturated rings. The summed E-state index contributed by atoms with van der Waals surface area (Å²) in [7, 11) is 0. The van der Waals surface area contributed by atoms with Crippen molar-refractivity contribution in [2.45, 2.75) is 24.3 Å². The van der Waals surface area contributed by atoms with Crippen molar-refractivity contribution in [1.29, 1.82) is 0 Å². The van der Waals surface area contributed by atoms with E-state index in [-0.39, 0.29) is 127 Å². The van der Waals surface area contributed by atoms with Gasteiger partial charge in [0.2, 0.25) is 0 Å². The van der Waals surface area contributed by atoms with E-state index in [9.17, 15) is 0 Å². The summed E-state index contributed by atoms with van der Waals surface area (Å²) in [6.45, 7) is 3.70. The number of rotatable bonds is 12. The molecule has 2 aliphatic rings. The van der Waals surface area contributed by atoms with Gasteiger partial charge in [-0.25, -0.2) is 0 Å². The Morgan fingerprint density at radius 3 is 0.818 bits per heavy atom. The average molecular weight is 921 g/mol. The molecule has 0 unspecified atom stereocenters. The number of hydrogen-bond acceptors (Lipinski definition) is 7. The minimum Gasteiger partial charge on any atom is -0.652 e. The van der Waals surface area contributed by atoms with E-state index in [1.54, 1.807) is 0 Å². The second-order valence-electron chi connectivity index (χ2n) is 15.9. The maximum atomic E-state index is 8.33. The van der Waals surface area contributed by atoms with Gasteiger partial charge in [0, 0.05) is 26.2 Å². The number of benzene rings is 8. The number of carbonyl (C=O) groups is 1. The molecule has 9 heteroatoms. The summed E-state index contributed by atoms with van der Waals surface area (Å²) in [5, 5.41) is 16.7. The Balaban J connectivity index is 0.000000196. The average Bonchev–Trinajstić information content (AvgIpc) is 3.32. The molecule has 2 heterocycles. The smallest absolute Gasteiger partial charge is 0.652 e. The van der Waals surface area contributed by atoms with Gasteiger partial charge in [0.05, 0.1) is 12.1 Å². The fraction of sp³-hybridized carbons (Fsp3) is 0.140. The molecule has 0 aliphatic carbocycles. The summed E-state index contributed by atoms with van der Waals surface area (Å²) < 4.78 is 12.5. The third-order valence-electron chi connectivity index (χ3n) is 11.5. The largest absolute Gasteiger partial charge is 1.00 e. The van der Waals surface area contributed by atoms with Crippen LogP contribution < -0.4 is 122 Å².